The predicted molar refractivity (Wildman–Crippen MR) is 77.9 cm³/mol. The van der Waals surface area contributed by atoms with Crippen molar-refractivity contribution in [1.29, 1.82) is 0 Å². The van der Waals surface area contributed by atoms with E-state index in [0.29, 0.717) is 11.3 Å². The lowest BCUT2D eigenvalue weighted by atomic mass is 9.84. The van der Waals surface area contributed by atoms with Gasteiger partial charge in [0.15, 0.2) is 5.16 Å². The maximum atomic E-state index is 4.45. The van der Waals surface area contributed by atoms with Crippen LogP contribution in [0.15, 0.2) is 17.6 Å². The van der Waals surface area contributed by atoms with Crippen molar-refractivity contribution in [3.05, 3.63) is 12.4 Å². The number of nitrogens with zero attached hydrogens (tertiary/aromatic N) is 2. The third kappa shape index (κ3) is 3.29. The van der Waals surface area contributed by atoms with Gasteiger partial charge in [-0.05, 0) is 31.7 Å². The van der Waals surface area contributed by atoms with Crippen LogP contribution >= 0.6 is 11.8 Å². The fourth-order valence-electron chi connectivity index (χ4n) is 2.81. The van der Waals surface area contributed by atoms with Crippen LogP contribution in [-0.2, 0) is 7.05 Å². The molecule has 1 aromatic rings. The van der Waals surface area contributed by atoms with E-state index in [-0.39, 0.29) is 0 Å². The number of aryl methyl sites for hydroxylation is 1. The van der Waals surface area contributed by atoms with Gasteiger partial charge in [0, 0.05) is 30.7 Å². The zero-order valence-electron chi connectivity index (χ0n) is 11.7. The summed E-state index contributed by atoms with van der Waals surface area (Å²) in [5.74, 6) is 0.901. The number of aromatic nitrogens is 2. The zero-order valence-corrected chi connectivity index (χ0v) is 12.5. The average Bonchev–Trinajstić information content (AvgIpc) is 2.77. The van der Waals surface area contributed by atoms with Crippen LogP contribution in [-0.4, -0.2) is 27.4 Å². The zero-order chi connectivity index (χ0) is 13.0. The standard InChI is InChI=1S/C14H25N3S/c1-4-11-6-7-12(15-5-2)13(10-11)18-14-16-8-9-17(14)3/h8-9,11-13,15H,4-7,10H2,1-3H3. The Morgan fingerprint density at radius 1 is 1.44 bits per heavy atom. The number of imidazole rings is 1. The molecule has 1 saturated carbocycles. The predicted octanol–water partition coefficient (Wildman–Crippen LogP) is 3.07. The minimum Gasteiger partial charge on any atom is -0.329 e. The summed E-state index contributed by atoms with van der Waals surface area (Å²) in [6.07, 6.45) is 9.26. The van der Waals surface area contributed by atoms with Crippen LogP contribution in [0.5, 0.6) is 0 Å². The number of nitrogens with one attached hydrogen (secondary N) is 1. The van der Waals surface area contributed by atoms with Gasteiger partial charge in [0.2, 0.25) is 0 Å². The lowest BCUT2D eigenvalue weighted by Gasteiger charge is -2.35. The van der Waals surface area contributed by atoms with Crippen LogP contribution in [0, 0.1) is 5.92 Å². The number of rotatable bonds is 5. The van der Waals surface area contributed by atoms with Crippen LogP contribution in [0.3, 0.4) is 0 Å². The molecule has 0 bridgehead atoms. The second-order valence-electron chi connectivity index (χ2n) is 5.23. The van der Waals surface area contributed by atoms with Gasteiger partial charge < -0.3 is 9.88 Å². The minimum absolute atomic E-state index is 0.652. The molecule has 0 aliphatic heterocycles. The molecule has 2 rings (SSSR count). The van der Waals surface area contributed by atoms with Crippen molar-refractivity contribution >= 4 is 11.8 Å². The van der Waals surface area contributed by atoms with Crippen molar-refractivity contribution in [2.75, 3.05) is 6.54 Å². The van der Waals surface area contributed by atoms with Gasteiger partial charge >= 0.3 is 0 Å². The van der Waals surface area contributed by atoms with Gasteiger partial charge in [-0.3, -0.25) is 0 Å². The summed E-state index contributed by atoms with van der Waals surface area (Å²) in [4.78, 5) is 4.45. The molecule has 0 amide bonds. The first-order valence-electron chi connectivity index (χ1n) is 7.12. The Morgan fingerprint density at radius 2 is 2.28 bits per heavy atom. The van der Waals surface area contributed by atoms with E-state index in [2.05, 4.69) is 35.8 Å². The molecule has 0 spiro atoms. The molecule has 0 saturated heterocycles. The van der Waals surface area contributed by atoms with Crippen LogP contribution in [0.25, 0.3) is 0 Å². The third-order valence-electron chi connectivity index (χ3n) is 3.98. The number of hydrogen-bond donors (Lipinski definition) is 1. The Kier molecular flexibility index (Phi) is 5.13. The van der Waals surface area contributed by atoms with Crippen molar-refractivity contribution in [2.24, 2.45) is 13.0 Å². The summed E-state index contributed by atoms with van der Waals surface area (Å²) in [7, 11) is 2.08. The van der Waals surface area contributed by atoms with Gasteiger partial charge in [-0.1, -0.05) is 32.0 Å². The van der Waals surface area contributed by atoms with Crippen molar-refractivity contribution < 1.29 is 0 Å². The van der Waals surface area contributed by atoms with Crippen molar-refractivity contribution in [2.45, 2.75) is 56.0 Å². The summed E-state index contributed by atoms with van der Waals surface area (Å²) in [6, 6.07) is 0.652. The van der Waals surface area contributed by atoms with E-state index in [4.69, 9.17) is 0 Å². The van der Waals surface area contributed by atoms with Crippen LogP contribution in [0.4, 0.5) is 0 Å². The molecule has 3 unspecified atom stereocenters. The highest BCUT2D eigenvalue weighted by Crippen LogP contribution is 2.36. The molecule has 3 nitrogen and oxygen atoms in total. The molecule has 1 N–H and O–H groups in total. The van der Waals surface area contributed by atoms with E-state index >= 15 is 0 Å². The van der Waals surface area contributed by atoms with E-state index in [0.717, 1.165) is 17.6 Å². The first-order chi connectivity index (χ1) is 8.74. The van der Waals surface area contributed by atoms with Crippen molar-refractivity contribution in [1.82, 2.24) is 14.9 Å². The highest BCUT2D eigenvalue weighted by Gasteiger charge is 2.30. The molecule has 1 aliphatic rings. The number of hydrogen-bond acceptors (Lipinski definition) is 3. The normalized spacial score (nSPS) is 28.5. The van der Waals surface area contributed by atoms with E-state index < -0.39 is 0 Å². The van der Waals surface area contributed by atoms with Gasteiger partial charge in [0.1, 0.15) is 0 Å². The summed E-state index contributed by atoms with van der Waals surface area (Å²) in [5.41, 5.74) is 0. The Hall–Kier alpha value is -0.480. The quantitative estimate of drug-likeness (QED) is 0.889. The third-order valence-corrected chi connectivity index (χ3v) is 5.41. The molecular formula is C14H25N3S. The van der Waals surface area contributed by atoms with E-state index in [9.17, 15) is 0 Å². The highest BCUT2D eigenvalue weighted by atomic mass is 32.2. The Balaban J connectivity index is 2.02. The van der Waals surface area contributed by atoms with Gasteiger partial charge in [-0.25, -0.2) is 4.98 Å². The monoisotopic (exact) mass is 267 g/mol. The maximum absolute atomic E-state index is 4.45. The first-order valence-corrected chi connectivity index (χ1v) is 7.99. The molecule has 3 atom stereocenters. The molecule has 0 aromatic carbocycles. The molecular weight excluding hydrogens is 242 g/mol. The summed E-state index contributed by atoms with van der Waals surface area (Å²) < 4.78 is 2.13. The molecule has 1 aromatic heterocycles. The van der Waals surface area contributed by atoms with Crippen molar-refractivity contribution in [3.63, 3.8) is 0 Å². The molecule has 0 radical (unpaired) electrons. The SMILES string of the molecule is CCNC1CCC(CC)CC1Sc1nccn1C. The van der Waals surface area contributed by atoms with Crippen LogP contribution in [0.2, 0.25) is 0 Å². The smallest absolute Gasteiger partial charge is 0.167 e. The van der Waals surface area contributed by atoms with E-state index in [1.807, 2.05) is 24.2 Å². The molecule has 18 heavy (non-hydrogen) atoms. The fraction of sp³-hybridized carbons (Fsp3) is 0.786. The lowest BCUT2D eigenvalue weighted by molar-refractivity contribution is 0.297. The Labute approximate surface area is 115 Å². The highest BCUT2D eigenvalue weighted by molar-refractivity contribution is 7.99. The van der Waals surface area contributed by atoms with E-state index in [1.165, 1.54) is 25.7 Å². The van der Waals surface area contributed by atoms with E-state index in [1.54, 1.807) is 0 Å². The molecule has 1 heterocycles. The topological polar surface area (TPSA) is 29.9 Å². The molecule has 102 valence electrons. The van der Waals surface area contributed by atoms with Gasteiger partial charge in [0.25, 0.3) is 0 Å². The molecule has 4 heteroatoms. The lowest BCUT2D eigenvalue weighted by Crippen LogP contribution is -2.42. The summed E-state index contributed by atoms with van der Waals surface area (Å²) in [5, 5.41) is 5.48. The fourth-order valence-corrected chi connectivity index (χ4v) is 4.19. The maximum Gasteiger partial charge on any atom is 0.167 e. The van der Waals surface area contributed by atoms with Gasteiger partial charge in [-0.2, -0.15) is 0 Å². The Bertz CT molecular complexity index is 364. The number of thioether (sulfide) groups is 1. The average molecular weight is 267 g/mol. The second-order valence-corrected chi connectivity index (χ2v) is 6.43. The van der Waals surface area contributed by atoms with Gasteiger partial charge in [-0.15, -0.1) is 0 Å². The molecule has 1 aliphatic carbocycles. The summed E-state index contributed by atoms with van der Waals surface area (Å²) in [6.45, 7) is 5.59. The van der Waals surface area contributed by atoms with Crippen LogP contribution < -0.4 is 5.32 Å². The second kappa shape index (κ2) is 6.62. The first kappa shape index (κ1) is 13.9. The minimum atomic E-state index is 0.652. The summed E-state index contributed by atoms with van der Waals surface area (Å²) >= 11 is 1.95. The molecule has 1 fully saturated rings. The Morgan fingerprint density at radius 3 is 2.89 bits per heavy atom. The van der Waals surface area contributed by atoms with Crippen molar-refractivity contribution in [3.8, 4) is 0 Å². The van der Waals surface area contributed by atoms with Gasteiger partial charge in [0.05, 0.1) is 0 Å². The largest absolute Gasteiger partial charge is 0.329 e. The van der Waals surface area contributed by atoms with Crippen LogP contribution in [0.1, 0.15) is 39.5 Å².